The van der Waals surface area contributed by atoms with Crippen molar-refractivity contribution >= 4 is 23.5 Å². The lowest BCUT2D eigenvalue weighted by Gasteiger charge is -2.20. The fourth-order valence-corrected chi connectivity index (χ4v) is 2.72. The summed E-state index contributed by atoms with van der Waals surface area (Å²) in [5.74, 6) is 0.124. The van der Waals surface area contributed by atoms with Crippen LogP contribution in [0.15, 0.2) is 11.4 Å². The van der Waals surface area contributed by atoms with Crippen LogP contribution < -0.4 is 11.1 Å². The zero-order chi connectivity index (χ0) is 13.8. The number of nitrogens with two attached hydrogens (primary N) is 1. The molecule has 0 aliphatic heterocycles. The summed E-state index contributed by atoms with van der Waals surface area (Å²) in [6.07, 6.45) is 6.33. The van der Waals surface area contributed by atoms with E-state index < -0.39 is 5.91 Å². The third kappa shape index (κ3) is 3.16. The zero-order valence-electron chi connectivity index (χ0n) is 10.8. The highest BCUT2D eigenvalue weighted by Gasteiger charge is 2.28. The van der Waals surface area contributed by atoms with Crippen molar-refractivity contribution in [3.05, 3.63) is 11.8 Å². The van der Waals surface area contributed by atoms with Crippen LogP contribution in [0.1, 0.15) is 29.6 Å². The first-order valence-corrected chi connectivity index (χ1v) is 7.46. The van der Waals surface area contributed by atoms with Gasteiger partial charge in [0.1, 0.15) is 5.82 Å². The lowest BCUT2D eigenvalue weighted by Crippen LogP contribution is -2.28. The van der Waals surface area contributed by atoms with E-state index >= 15 is 0 Å². The molecule has 7 heteroatoms. The van der Waals surface area contributed by atoms with Gasteiger partial charge in [0, 0.05) is 24.8 Å². The molecule has 0 saturated heterocycles. The number of hydrogen-bond acceptors (Lipinski definition) is 6. The van der Waals surface area contributed by atoms with Gasteiger partial charge in [0.15, 0.2) is 5.16 Å². The van der Waals surface area contributed by atoms with Gasteiger partial charge in [-0.25, -0.2) is 9.97 Å². The summed E-state index contributed by atoms with van der Waals surface area (Å²) in [4.78, 5) is 19.7. The minimum atomic E-state index is -0.548. The number of primary amides is 1. The van der Waals surface area contributed by atoms with Crippen LogP contribution in [0, 0.1) is 5.92 Å². The van der Waals surface area contributed by atoms with E-state index in [4.69, 9.17) is 5.73 Å². The maximum Gasteiger partial charge on any atom is 0.254 e. The van der Waals surface area contributed by atoms with Crippen molar-refractivity contribution in [2.45, 2.75) is 30.5 Å². The van der Waals surface area contributed by atoms with Crippen molar-refractivity contribution < 1.29 is 9.90 Å². The topological polar surface area (TPSA) is 101 Å². The minimum absolute atomic E-state index is 0.132. The number of aromatic nitrogens is 2. The van der Waals surface area contributed by atoms with Crippen molar-refractivity contribution in [1.82, 2.24) is 9.97 Å². The number of hydrogen-bond donors (Lipinski definition) is 3. The van der Waals surface area contributed by atoms with Gasteiger partial charge in [-0.05, 0) is 19.1 Å². The summed E-state index contributed by atoms with van der Waals surface area (Å²) >= 11 is 1.40. The molecular formula is C12H18N4O2S. The monoisotopic (exact) mass is 282 g/mol. The molecule has 1 fully saturated rings. The maximum absolute atomic E-state index is 11.4. The van der Waals surface area contributed by atoms with Crippen LogP contribution in [-0.2, 0) is 0 Å². The Morgan fingerprint density at radius 3 is 3.05 bits per heavy atom. The zero-order valence-corrected chi connectivity index (χ0v) is 11.6. The fourth-order valence-electron chi connectivity index (χ4n) is 2.38. The normalized spacial score (nSPS) is 22.4. The first-order chi connectivity index (χ1) is 9.15. The Morgan fingerprint density at radius 2 is 2.42 bits per heavy atom. The average Bonchev–Trinajstić information content (AvgIpc) is 2.85. The van der Waals surface area contributed by atoms with E-state index in [2.05, 4.69) is 15.3 Å². The Morgan fingerprint density at radius 1 is 1.63 bits per heavy atom. The van der Waals surface area contributed by atoms with Crippen LogP contribution in [0.5, 0.6) is 0 Å². The van der Waals surface area contributed by atoms with Crippen molar-refractivity contribution in [2.75, 3.05) is 18.2 Å². The number of thioether (sulfide) groups is 1. The third-order valence-corrected chi connectivity index (χ3v) is 3.99. The largest absolute Gasteiger partial charge is 0.396 e. The second-order valence-corrected chi connectivity index (χ2v) is 5.38. The average molecular weight is 282 g/mol. The number of rotatable bonds is 5. The summed E-state index contributed by atoms with van der Waals surface area (Å²) in [6, 6.07) is 0.132. The van der Waals surface area contributed by atoms with E-state index in [0.29, 0.717) is 16.5 Å². The molecule has 0 aromatic carbocycles. The Hall–Kier alpha value is -1.34. The summed E-state index contributed by atoms with van der Waals surface area (Å²) in [5.41, 5.74) is 5.63. The molecule has 19 heavy (non-hydrogen) atoms. The molecule has 1 aromatic rings. The highest BCUT2D eigenvalue weighted by atomic mass is 32.2. The van der Waals surface area contributed by atoms with Crippen LogP contribution in [-0.4, -0.2) is 39.9 Å². The SMILES string of the molecule is CSc1ncc(C(N)=O)c(N[C@@H]2CCC[C@@H]2CO)n1. The fraction of sp³-hybridized carbons (Fsp3) is 0.583. The molecule has 4 N–H and O–H groups in total. The molecule has 1 aliphatic carbocycles. The van der Waals surface area contributed by atoms with Gasteiger partial charge in [0.25, 0.3) is 5.91 Å². The highest BCUT2D eigenvalue weighted by Crippen LogP contribution is 2.29. The molecule has 1 aliphatic rings. The van der Waals surface area contributed by atoms with Crippen LogP contribution >= 0.6 is 11.8 Å². The standard InChI is InChI=1S/C12H18N4O2S/c1-19-12-14-5-8(10(13)18)11(16-12)15-9-4-2-3-7(9)6-17/h5,7,9,17H,2-4,6H2,1H3,(H2,13,18)(H,14,15,16)/t7-,9-/m1/s1. The Kier molecular flexibility index (Phi) is 4.60. The number of carbonyl (C=O) groups is 1. The molecule has 0 unspecified atom stereocenters. The molecule has 2 atom stereocenters. The molecular weight excluding hydrogens is 264 g/mol. The van der Waals surface area contributed by atoms with E-state index in [1.165, 1.54) is 18.0 Å². The number of nitrogens with one attached hydrogen (secondary N) is 1. The van der Waals surface area contributed by atoms with Crippen LogP contribution in [0.2, 0.25) is 0 Å². The van der Waals surface area contributed by atoms with E-state index in [1.54, 1.807) is 0 Å². The molecule has 1 amide bonds. The minimum Gasteiger partial charge on any atom is -0.396 e. The predicted octanol–water partition coefficient (Wildman–Crippen LogP) is 0.870. The molecule has 0 bridgehead atoms. The van der Waals surface area contributed by atoms with Crippen LogP contribution in [0.4, 0.5) is 5.82 Å². The molecule has 1 heterocycles. The second kappa shape index (κ2) is 6.21. The Bertz CT molecular complexity index is 469. The smallest absolute Gasteiger partial charge is 0.254 e. The third-order valence-electron chi connectivity index (χ3n) is 3.43. The number of aliphatic hydroxyl groups is 1. The van der Waals surface area contributed by atoms with Crippen molar-refractivity contribution in [2.24, 2.45) is 11.7 Å². The van der Waals surface area contributed by atoms with Gasteiger partial charge in [-0.2, -0.15) is 0 Å². The molecule has 1 saturated carbocycles. The first kappa shape index (κ1) is 14.1. The molecule has 2 rings (SSSR count). The van der Waals surface area contributed by atoms with Gasteiger partial charge in [-0.1, -0.05) is 18.2 Å². The number of amides is 1. The van der Waals surface area contributed by atoms with E-state index in [9.17, 15) is 9.90 Å². The van der Waals surface area contributed by atoms with Crippen molar-refractivity contribution in [3.63, 3.8) is 0 Å². The predicted molar refractivity (Wildman–Crippen MR) is 74.2 cm³/mol. The van der Waals surface area contributed by atoms with Crippen LogP contribution in [0.3, 0.4) is 0 Å². The molecule has 1 aromatic heterocycles. The van der Waals surface area contributed by atoms with Crippen molar-refractivity contribution in [3.8, 4) is 0 Å². The van der Waals surface area contributed by atoms with Gasteiger partial charge >= 0.3 is 0 Å². The van der Waals surface area contributed by atoms with Crippen molar-refractivity contribution in [1.29, 1.82) is 0 Å². The number of anilines is 1. The van der Waals surface area contributed by atoms with E-state index in [1.807, 2.05) is 6.26 Å². The Labute approximate surface area is 116 Å². The lowest BCUT2D eigenvalue weighted by atomic mass is 10.0. The summed E-state index contributed by atoms with van der Waals surface area (Å²) < 4.78 is 0. The quantitative estimate of drug-likeness (QED) is 0.547. The lowest BCUT2D eigenvalue weighted by molar-refractivity contribution is 0.1000. The summed E-state index contributed by atoms with van der Waals surface area (Å²) in [6.45, 7) is 0.143. The van der Waals surface area contributed by atoms with Gasteiger partial charge in [0.05, 0.1) is 5.56 Å². The van der Waals surface area contributed by atoms with Gasteiger partial charge < -0.3 is 16.2 Å². The number of nitrogens with zero attached hydrogens (tertiary/aromatic N) is 2. The van der Waals surface area contributed by atoms with E-state index in [0.717, 1.165) is 19.3 Å². The number of aliphatic hydroxyl groups excluding tert-OH is 1. The first-order valence-electron chi connectivity index (χ1n) is 6.24. The summed E-state index contributed by atoms with van der Waals surface area (Å²) in [7, 11) is 0. The van der Waals surface area contributed by atoms with Gasteiger partial charge in [-0.15, -0.1) is 0 Å². The van der Waals surface area contributed by atoms with Crippen LogP contribution in [0.25, 0.3) is 0 Å². The Balaban J connectivity index is 2.24. The molecule has 0 radical (unpaired) electrons. The maximum atomic E-state index is 11.4. The molecule has 0 spiro atoms. The van der Waals surface area contributed by atoms with Gasteiger partial charge in [0.2, 0.25) is 0 Å². The molecule has 6 nitrogen and oxygen atoms in total. The highest BCUT2D eigenvalue weighted by molar-refractivity contribution is 7.98. The van der Waals surface area contributed by atoms with Gasteiger partial charge in [-0.3, -0.25) is 4.79 Å². The molecule has 104 valence electrons. The van der Waals surface area contributed by atoms with E-state index in [-0.39, 0.29) is 18.6 Å². The number of carbonyl (C=O) groups excluding carboxylic acids is 1. The second-order valence-electron chi connectivity index (χ2n) is 4.61. The summed E-state index contributed by atoms with van der Waals surface area (Å²) in [5, 5.41) is 13.2.